The number of benzene rings is 1. The zero-order chi connectivity index (χ0) is 18.7. The van der Waals surface area contributed by atoms with Gasteiger partial charge in [-0.3, -0.25) is 9.36 Å². The molecule has 3 aromatic rings. The lowest BCUT2D eigenvalue weighted by Gasteiger charge is -2.14. The number of hydrogen-bond acceptors (Lipinski definition) is 3. The van der Waals surface area contributed by atoms with Gasteiger partial charge in [0.2, 0.25) is 0 Å². The molecule has 0 N–H and O–H groups in total. The van der Waals surface area contributed by atoms with Crippen molar-refractivity contribution in [1.29, 1.82) is 0 Å². The lowest BCUT2D eigenvalue weighted by atomic mass is 10.2. The van der Waals surface area contributed by atoms with Gasteiger partial charge in [-0.1, -0.05) is 0 Å². The van der Waals surface area contributed by atoms with E-state index >= 15 is 0 Å². The number of fused-ring (bicyclic) bond motifs is 1. The fraction of sp³-hybridized carbons (Fsp3) is 0.200. The molecule has 10 heteroatoms. The molecule has 0 fully saturated rings. The summed E-state index contributed by atoms with van der Waals surface area (Å²) in [5, 5.41) is -0.242. The topological polar surface area (TPSA) is 57.1 Å². The van der Waals surface area contributed by atoms with Crippen LogP contribution in [0.25, 0.3) is 16.7 Å². The van der Waals surface area contributed by atoms with E-state index in [0.717, 1.165) is 7.05 Å². The average Bonchev–Trinajstić information content (AvgIpc) is 2.87. The summed E-state index contributed by atoms with van der Waals surface area (Å²) in [6, 6.07) is 1.74. The molecule has 0 saturated heterocycles. The molecule has 2 heterocycles. The SMILES string of the molecule is Cc1cc2c(-n3c(=O)cc(C(F)(F)F)n(C)c3=O)c(F)cc(F)c2o1. The van der Waals surface area contributed by atoms with E-state index in [1.807, 2.05) is 0 Å². The summed E-state index contributed by atoms with van der Waals surface area (Å²) in [6.45, 7) is 1.43. The molecule has 0 aliphatic carbocycles. The number of halogens is 5. The lowest BCUT2D eigenvalue weighted by Crippen LogP contribution is -2.41. The van der Waals surface area contributed by atoms with Gasteiger partial charge in [0.15, 0.2) is 17.2 Å². The third-order valence-electron chi connectivity index (χ3n) is 3.64. The maximum Gasteiger partial charge on any atom is 0.431 e. The van der Waals surface area contributed by atoms with Crippen LogP contribution in [-0.4, -0.2) is 9.13 Å². The first kappa shape index (κ1) is 16.9. The van der Waals surface area contributed by atoms with E-state index in [1.54, 1.807) is 0 Å². The summed E-state index contributed by atoms with van der Waals surface area (Å²) in [7, 11) is 0.792. The first-order chi connectivity index (χ1) is 11.5. The van der Waals surface area contributed by atoms with Gasteiger partial charge in [-0.15, -0.1) is 0 Å². The summed E-state index contributed by atoms with van der Waals surface area (Å²) >= 11 is 0. The van der Waals surface area contributed by atoms with Crippen LogP contribution in [0.2, 0.25) is 0 Å². The highest BCUT2D eigenvalue weighted by atomic mass is 19.4. The predicted molar refractivity (Wildman–Crippen MR) is 76.7 cm³/mol. The average molecular weight is 360 g/mol. The fourth-order valence-electron chi connectivity index (χ4n) is 2.57. The highest BCUT2D eigenvalue weighted by Crippen LogP contribution is 2.30. The molecule has 0 spiro atoms. The minimum atomic E-state index is -4.95. The van der Waals surface area contributed by atoms with Crippen molar-refractivity contribution in [2.45, 2.75) is 13.1 Å². The van der Waals surface area contributed by atoms with Gasteiger partial charge in [-0.05, 0) is 13.0 Å². The maximum atomic E-state index is 14.3. The molecule has 132 valence electrons. The molecule has 0 radical (unpaired) electrons. The number of alkyl halides is 3. The van der Waals surface area contributed by atoms with Gasteiger partial charge in [0.05, 0.1) is 5.39 Å². The van der Waals surface area contributed by atoms with E-state index in [0.29, 0.717) is 6.07 Å². The van der Waals surface area contributed by atoms with Crippen molar-refractivity contribution in [3.05, 3.63) is 62.1 Å². The van der Waals surface area contributed by atoms with Crippen LogP contribution in [0.1, 0.15) is 11.5 Å². The molecular formula is C15H9F5N2O3. The first-order valence-corrected chi connectivity index (χ1v) is 6.81. The van der Waals surface area contributed by atoms with Crippen LogP contribution in [0.5, 0.6) is 0 Å². The summed E-state index contributed by atoms with van der Waals surface area (Å²) in [5.74, 6) is -2.19. The molecule has 0 aliphatic rings. The van der Waals surface area contributed by atoms with E-state index in [4.69, 9.17) is 4.42 Å². The monoisotopic (exact) mass is 360 g/mol. The van der Waals surface area contributed by atoms with Gasteiger partial charge in [-0.25, -0.2) is 18.1 Å². The molecule has 5 nitrogen and oxygen atoms in total. The number of aryl methyl sites for hydroxylation is 1. The van der Waals surface area contributed by atoms with Crippen LogP contribution >= 0.6 is 0 Å². The van der Waals surface area contributed by atoms with Gasteiger partial charge in [-0.2, -0.15) is 13.2 Å². The Morgan fingerprint density at radius 3 is 2.28 bits per heavy atom. The molecule has 0 bridgehead atoms. The zero-order valence-corrected chi connectivity index (χ0v) is 12.7. The molecule has 0 aliphatic heterocycles. The maximum absolute atomic E-state index is 14.3. The van der Waals surface area contributed by atoms with Crippen LogP contribution in [0.15, 0.2) is 32.2 Å². The molecule has 0 amide bonds. The van der Waals surface area contributed by atoms with Crippen LogP contribution in [0.4, 0.5) is 22.0 Å². The van der Waals surface area contributed by atoms with E-state index in [2.05, 4.69) is 0 Å². The quantitative estimate of drug-likeness (QED) is 0.627. The Hall–Kier alpha value is -2.91. The Balaban J connectivity index is 2.48. The first-order valence-electron chi connectivity index (χ1n) is 6.81. The van der Waals surface area contributed by atoms with Crippen molar-refractivity contribution in [2.24, 2.45) is 7.05 Å². The molecule has 0 atom stereocenters. The number of rotatable bonds is 1. The second-order valence-corrected chi connectivity index (χ2v) is 5.33. The molecule has 0 unspecified atom stereocenters. The van der Waals surface area contributed by atoms with Crippen molar-refractivity contribution in [3.63, 3.8) is 0 Å². The minimum absolute atomic E-state index is 0.164. The third kappa shape index (κ3) is 2.53. The standard InChI is InChI=1S/C15H9F5N2O3/c1-6-3-7-12(8(16)4-9(17)13(7)25-6)22-11(23)5-10(15(18,19)20)21(2)14(22)24/h3-5H,1-2H3. The van der Waals surface area contributed by atoms with Gasteiger partial charge < -0.3 is 4.42 Å². The second-order valence-electron chi connectivity index (χ2n) is 5.33. The van der Waals surface area contributed by atoms with E-state index in [-0.39, 0.29) is 26.3 Å². The smallest absolute Gasteiger partial charge is 0.431 e. The highest BCUT2D eigenvalue weighted by Gasteiger charge is 2.35. The normalized spacial score (nSPS) is 12.1. The van der Waals surface area contributed by atoms with Crippen LogP contribution in [-0.2, 0) is 13.2 Å². The van der Waals surface area contributed by atoms with Gasteiger partial charge in [0.1, 0.15) is 17.1 Å². The summed E-state index contributed by atoms with van der Waals surface area (Å²) in [4.78, 5) is 24.4. The van der Waals surface area contributed by atoms with Crippen LogP contribution in [0.3, 0.4) is 0 Å². The second kappa shape index (κ2) is 5.30. The Labute approximate surface area is 135 Å². The third-order valence-corrected chi connectivity index (χ3v) is 3.64. The summed E-state index contributed by atoms with van der Waals surface area (Å²) < 4.78 is 72.2. The summed E-state index contributed by atoms with van der Waals surface area (Å²) in [5.41, 5.74) is -5.40. The summed E-state index contributed by atoms with van der Waals surface area (Å²) in [6.07, 6.45) is -4.95. The van der Waals surface area contributed by atoms with Gasteiger partial charge >= 0.3 is 11.9 Å². The van der Waals surface area contributed by atoms with Crippen molar-refractivity contribution >= 4 is 11.0 Å². The Morgan fingerprint density at radius 1 is 1.04 bits per heavy atom. The highest BCUT2D eigenvalue weighted by molar-refractivity contribution is 5.87. The molecule has 25 heavy (non-hydrogen) atoms. The van der Waals surface area contributed by atoms with Gasteiger partial charge in [0.25, 0.3) is 5.56 Å². The Kier molecular flexibility index (Phi) is 3.59. The van der Waals surface area contributed by atoms with Crippen molar-refractivity contribution in [2.75, 3.05) is 0 Å². The number of aromatic nitrogens is 2. The predicted octanol–water partition coefficient (Wildman–Crippen LogP) is 2.89. The molecule has 0 saturated carbocycles. The molecule has 2 aromatic heterocycles. The van der Waals surface area contributed by atoms with Gasteiger partial charge in [0, 0.05) is 19.2 Å². The fourth-order valence-corrected chi connectivity index (χ4v) is 2.57. The van der Waals surface area contributed by atoms with E-state index in [9.17, 15) is 31.5 Å². The van der Waals surface area contributed by atoms with E-state index < -0.39 is 46.0 Å². The molecule has 1 aromatic carbocycles. The largest absolute Gasteiger partial charge is 0.458 e. The van der Waals surface area contributed by atoms with E-state index in [1.165, 1.54) is 13.0 Å². The van der Waals surface area contributed by atoms with Crippen molar-refractivity contribution in [3.8, 4) is 5.69 Å². The zero-order valence-electron chi connectivity index (χ0n) is 12.7. The number of furan rings is 1. The van der Waals surface area contributed by atoms with Crippen molar-refractivity contribution in [1.82, 2.24) is 9.13 Å². The van der Waals surface area contributed by atoms with Crippen molar-refractivity contribution < 1.29 is 26.4 Å². The van der Waals surface area contributed by atoms with Crippen LogP contribution in [0, 0.1) is 18.6 Å². The number of nitrogens with zero attached hydrogens (tertiary/aromatic N) is 2. The molecular weight excluding hydrogens is 351 g/mol. The number of hydrogen-bond donors (Lipinski definition) is 0. The lowest BCUT2D eigenvalue weighted by molar-refractivity contribution is -0.144. The Morgan fingerprint density at radius 2 is 1.68 bits per heavy atom. The Bertz CT molecular complexity index is 1120. The minimum Gasteiger partial charge on any atom is -0.458 e. The van der Waals surface area contributed by atoms with Crippen LogP contribution < -0.4 is 11.2 Å². The molecule has 3 rings (SSSR count).